The highest BCUT2D eigenvalue weighted by Crippen LogP contribution is 2.39. The zero-order chi connectivity index (χ0) is 20.3. The van der Waals surface area contributed by atoms with Gasteiger partial charge in [-0.3, -0.25) is 9.56 Å². The van der Waals surface area contributed by atoms with Crippen molar-refractivity contribution in [2.75, 3.05) is 7.11 Å². The number of aliphatic imine (C=N–C) groups is 1. The Hall–Kier alpha value is -3.03. The number of benzene rings is 2. The Balaban J connectivity index is 0.00000126. The molecular weight excluding hydrogens is 359 g/mol. The summed E-state index contributed by atoms with van der Waals surface area (Å²) >= 11 is 0. The Morgan fingerprint density at radius 1 is 1.19 bits per heavy atom. The maximum absolute atomic E-state index is 14.7. The molecule has 0 atom stereocenters. The fourth-order valence-electron chi connectivity index (χ4n) is 2.70. The van der Waals surface area contributed by atoms with Gasteiger partial charge in [0.25, 0.3) is 0 Å². The molecule has 0 unspecified atom stereocenters. The highest BCUT2D eigenvalue weighted by molar-refractivity contribution is 5.90. The van der Waals surface area contributed by atoms with Crippen molar-refractivity contribution in [3.63, 3.8) is 0 Å². The van der Waals surface area contributed by atoms with Crippen LogP contribution in [0.3, 0.4) is 0 Å². The molecule has 0 fully saturated rings. The normalized spacial score (nSPS) is 11.0. The lowest BCUT2D eigenvalue weighted by Crippen LogP contribution is -2.16. The molecule has 1 heterocycles. The number of aromatic amines is 1. The van der Waals surface area contributed by atoms with E-state index in [1.54, 1.807) is 13.0 Å². The van der Waals surface area contributed by atoms with Gasteiger partial charge >= 0.3 is 5.69 Å². The summed E-state index contributed by atoms with van der Waals surface area (Å²) in [5.41, 5.74) is -1.34. The number of H-pyrrole nitrogens is 1. The van der Waals surface area contributed by atoms with Crippen LogP contribution in [0.1, 0.15) is 26.3 Å². The van der Waals surface area contributed by atoms with Gasteiger partial charge in [0, 0.05) is 6.21 Å². The van der Waals surface area contributed by atoms with E-state index in [4.69, 9.17) is 4.74 Å². The second-order valence-electron chi connectivity index (χ2n) is 5.34. The number of halogens is 3. The molecule has 27 heavy (non-hydrogen) atoms. The number of rotatable bonds is 3. The summed E-state index contributed by atoms with van der Waals surface area (Å²) in [7, 11) is 1.24. The minimum Gasteiger partial charge on any atom is -0.492 e. The van der Waals surface area contributed by atoms with Crippen molar-refractivity contribution in [2.45, 2.75) is 27.7 Å². The summed E-state index contributed by atoms with van der Waals surface area (Å²) in [6.45, 7) is 7.19. The molecule has 0 aliphatic heterocycles. The van der Waals surface area contributed by atoms with Crippen LogP contribution in [0.5, 0.6) is 5.75 Å². The first-order valence-corrected chi connectivity index (χ1v) is 8.35. The molecule has 0 bridgehead atoms. The van der Waals surface area contributed by atoms with Gasteiger partial charge in [-0.05, 0) is 31.5 Å². The summed E-state index contributed by atoms with van der Waals surface area (Å²) in [6.07, 6.45) is 1.26. The Kier molecular flexibility index (Phi) is 6.09. The van der Waals surface area contributed by atoms with E-state index in [1.807, 2.05) is 13.8 Å². The molecule has 8 heteroatoms. The number of aryl methyl sites for hydroxylation is 1. The van der Waals surface area contributed by atoms with Crippen molar-refractivity contribution in [1.29, 1.82) is 0 Å². The van der Waals surface area contributed by atoms with Gasteiger partial charge in [0.1, 0.15) is 22.5 Å². The molecule has 0 spiro atoms. The molecule has 0 radical (unpaired) electrons. The number of nitrogens with zero attached hydrogens (tertiary/aromatic N) is 2. The Morgan fingerprint density at radius 2 is 1.85 bits per heavy atom. The van der Waals surface area contributed by atoms with E-state index in [1.165, 1.54) is 32.4 Å². The van der Waals surface area contributed by atoms with Crippen LogP contribution in [0, 0.1) is 24.4 Å². The van der Waals surface area contributed by atoms with Gasteiger partial charge in [0.05, 0.1) is 12.8 Å². The van der Waals surface area contributed by atoms with Crippen molar-refractivity contribution in [1.82, 2.24) is 9.55 Å². The summed E-state index contributed by atoms with van der Waals surface area (Å²) in [5, 5.41) is 0. The van der Waals surface area contributed by atoms with E-state index < -0.39 is 28.7 Å². The van der Waals surface area contributed by atoms with E-state index in [0.717, 1.165) is 4.57 Å². The van der Waals surface area contributed by atoms with Gasteiger partial charge in [-0.2, -0.15) is 0 Å². The molecule has 1 N–H and O–H groups in total. The minimum absolute atomic E-state index is 0.105. The SMILES string of the molecule is CC.CC=Nc1c(F)c(F)c2c([nH]c(=O)n2-c2ccc(C)cc2F)c1OC. The van der Waals surface area contributed by atoms with Gasteiger partial charge in [-0.15, -0.1) is 0 Å². The van der Waals surface area contributed by atoms with Crippen molar-refractivity contribution < 1.29 is 17.9 Å². The molecule has 2 aromatic carbocycles. The lowest BCUT2D eigenvalue weighted by Gasteiger charge is -2.10. The lowest BCUT2D eigenvalue weighted by molar-refractivity contribution is 0.414. The second kappa shape index (κ2) is 8.11. The van der Waals surface area contributed by atoms with Crippen LogP contribution in [0.2, 0.25) is 0 Å². The number of aromatic nitrogens is 2. The summed E-state index contributed by atoms with van der Waals surface area (Å²) in [5.74, 6) is -3.50. The zero-order valence-corrected chi connectivity index (χ0v) is 15.7. The largest absolute Gasteiger partial charge is 0.492 e. The molecular formula is C19H20F3N3O2. The number of hydrogen-bond donors (Lipinski definition) is 1. The molecule has 3 rings (SSSR count). The van der Waals surface area contributed by atoms with Gasteiger partial charge in [0.15, 0.2) is 17.4 Å². The molecule has 5 nitrogen and oxygen atoms in total. The number of methoxy groups -OCH3 is 1. The first-order chi connectivity index (χ1) is 12.9. The van der Waals surface area contributed by atoms with Crippen molar-refractivity contribution in [3.8, 4) is 11.4 Å². The van der Waals surface area contributed by atoms with Crippen LogP contribution in [0.15, 0.2) is 28.0 Å². The molecule has 0 saturated carbocycles. The van der Waals surface area contributed by atoms with Crippen LogP contribution >= 0.6 is 0 Å². The topological polar surface area (TPSA) is 59.4 Å². The van der Waals surface area contributed by atoms with Crippen molar-refractivity contribution >= 4 is 22.9 Å². The standard InChI is InChI=1S/C17H14F3N3O2.C2H6/c1-4-21-13-11(19)12(20)15-14(16(13)25-3)22-17(24)23(15)10-6-5-8(2)7-9(10)18;1-2/h4-7H,1-3H3,(H,22,24);1-2H3. The van der Waals surface area contributed by atoms with Gasteiger partial charge in [0.2, 0.25) is 0 Å². The lowest BCUT2D eigenvalue weighted by atomic mass is 10.2. The molecule has 1 aromatic heterocycles. The molecule has 0 amide bonds. The third kappa shape index (κ3) is 3.34. The third-order valence-electron chi connectivity index (χ3n) is 3.75. The highest BCUT2D eigenvalue weighted by atomic mass is 19.2. The first kappa shape index (κ1) is 20.3. The predicted octanol–water partition coefficient (Wildman–Crippen LogP) is 4.80. The van der Waals surface area contributed by atoms with Crippen LogP contribution in [0.4, 0.5) is 18.9 Å². The van der Waals surface area contributed by atoms with E-state index in [-0.39, 0.29) is 22.6 Å². The molecule has 0 saturated heterocycles. The van der Waals surface area contributed by atoms with Crippen molar-refractivity contribution in [2.24, 2.45) is 4.99 Å². The maximum atomic E-state index is 14.7. The number of imidazole rings is 1. The van der Waals surface area contributed by atoms with Crippen LogP contribution in [-0.4, -0.2) is 22.9 Å². The fourth-order valence-corrected chi connectivity index (χ4v) is 2.70. The average Bonchev–Trinajstić information content (AvgIpc) is 2.98. The molecule has 3 aromatic rings. The van der Waals surface area contributed by atoms with Crippen LogP contribution in [-0.2, 0) is 0 Å². The number of nitrogens with one attached hydrogen (secondary N) is 1. The highest BCUT2D eigenvalue weighted by Gasteiger charge is 2.26. The van der Waals surface area contributed by atoms with E-state index >= 15 is 0 Å². The maximum Gasteiger partial charge on any atom is 0.331 e. The number of hydrogen-bond acceptors (Lipinski definition) is 3. The van der Waals surface area contributed by atoms with E-state index in [0.29, 0.717) is 5.56 Å². The molecule has 144 valence electrons. The van der Waals surface area contributed by atoms with Gasteiger partial charge < -0.3 is 9.72 Å². The predicted molar refractivity (Wildman–Crippen MR) is 100 cm³/mol. The van der Waals surface area contributed by atoms with Gasteiger partial charge in [-0.1, -0.05) is 19.9 Å². The number of fused-ring (bicyclic) bond motifs is 1. The summed E-state index contributed by atoms with van der Waals surface area (Å²) in [6, 6.07) is 4.08. The quantitative estimate of drug-likeness (QED) is 0.665. The third-order valence-corrected chi connectivity index (χ3v) is 3.75. The van der Waals surface area contributed by atoms with Crippen LogP contribution < -0.4 is 10.4 Å². The van der Waals surface area contributed by atoms with Crippen molar-refractivity contribution in [3.05, 3.63) is 51.7 Å². The zero-order valence-electron chi connectivity index (χ0n) is 15.7. The van der Waals surface area contributed by atoms with E-state index in [2.05, 4.69) is 9.98 Å². The van der Waals surface area contributed by atoms with Crippen LogP contribution in [0.25, 0.3) is 16.7 Å². The Bertz CT molecular complexity index is 1070. The Morgan fingerprint density at radius 3 is 2.41 bits per heavy atom. The fraction of sp³-hybridized carbons (Fsp3) is 0.263. The molecule has 0 aliphatic rings. The monoisotopic (exact) mass is 379 g/mol. The minimum atomic E-state index is -1.32. The Labute approximate surface area is 154 Å². The van der Waals surface area contributed by atoms with E-state index in [9.17, 15) is 18.0 Å². The smallest absolute Gasteiger partial charge is 0.331 e. The summed E-state index contributed by atoms with van der Waals surface area (Å²) < 4.78 is 49.2. The average molecular weight is 379 g/mol. The summed E-state index contributed by atoms with van der Waals surface area (Å²) in [4.78, 5) is 18.5. The number of ether oxygens (including phenoxy) is 1. The molecule has 0 aliphatic carbocycles. The van der Waals surface area contributed by atoms with Gasteiger partial charge in [-0.25, -0.2) is 18.0 Å². The first-order valence-electron chi connectivity index (χ1n) is 8.35. The second-order valence-corrected chi connectivity index (χ2v) is 5.34.